The number of nitrogens with zero attached hydrogens (tertiary/aromatic N) is 3. The summed E-state index contributed by atoms with van der Waals surface area (Å²) in [5.41, 5.74) is 1.34. The third-order valence-corrected chi connectivity index (χ3v) is 8.02. The van der Waals surface area contributed by atoms with Gasteiger partial charge in [0.1, 0.15) is 5.69 Å². The van der Waals surface area contributed by atoms with Crippen molar-refractivity contribution in [1.29, 1.82) is 0 Å². The van der Waals surface area contributed by atoms with Crippen LogP contribution >= 0.6 is 0 Å². The van der Waals surface area contributed by atoms with E-state index < -0.39 is 11.7 Å². The summed E-state index contributed by atoms with van der Waals surface area (Å²) in [4.78, 5) is 22.1. The third kappa shape index (κ3) is 5.44. The van der Waals surface area contributed by atoms with Crippen LogP contribution in [0.5, 0.6) is 0 Å². The summed E-state index contributed by atoms with van der Waals surface area (Å²) in [6.07, 6.45) is 5.50. The molecule has 1 aromatic heterocycles. The molecule has 0 N–H and O–H groups in total. The van der Waals surface area contributed by atoms with Gasteiger partial charge in [-0.15, -0.1) is 0 Å². The number of rotatable bonds is 6. The standard InChI is InChI=1S/C28H34F3N3O2/c1-19-15-21(20-5-2-6-22(16-20)28(29,30)31)17-32-26(19)27(35)33-13-10-23(11-14-33)34-12-4-7-24(34)18-36-25-8-3-9-25/h2,5-6,15-17,23-25H,3-4,7-14,18H2,1H3/t24-/m0/s1. The summed E-state index contributed by atoms with van der Waals surface area (Å²) in [5, 5.41) is 0. The Bertz CT molecular complexity index is 1080. The van der Waals surface area contributed by atoms with Gasteiger partial charge in [-0.05, 0) is 87.7 Å². The maximum absolute atomic E-state index is 13.2. The summed E-state index contributed by atoms with van der Waals surface area (Å²) in [7, 11) is 0. The number of hydrogen-bond donors (Lipinski definition) is 0. The van der Waals surface area contributed by atoms with E-state index >= 15 is 0 Å². The highest BCUT2D eigenvalue weighted by molar-refractivity contribution is 5.94. The number of carbonyl (C=O) groups is 1. The Hall–Kier alpha value is -2.45. The fourth-order valence-corrected chi connectivity index (χ4v) is 5.68. The molecule has 8 heteroatoms. The van der Waals surface area contributed by atoms with Crippen LogP contribution in [0.25, 0.3) is 11.1 Å². The van der Waals surface area contributed by atoms with Crippen molar-refractivity contribution in [1.82, 2.24) is 14.8 Å². The van der Waals surface area contributed by atoms with Gasteiger partial charge >= 0.3 is 6.18 Å². The molecule has 3 aliphatic rings. The molecule has 0 spiro atoms. The van der Waals surface area contributed by atoms with Gasteiger partial charge in [-0.2, -0.15) is 13.2 Å². The van der Waals surface area contributed by atoms with Gasteiger partial charge in [0.2, 0.25) is 0 Å². The molecule has 2 aliphatic heterocycles. The van der Waals surface area contributed by atoms with E-state index in [-0.39, 0.29) is 5.91 Å². The molecular weight excluding hydrogens is 467 g/mol. The van der Waals surface area contributed by atoms with Crippen molar-refractivity contribution in [3.63, 3.8) is 0 Å². The van der Waals surface area contributed by atoms with Crippen LogP contribution in [0.2, 0.25) is 0 Å². The van der Waals surface area contributed by atoms with Crippen LogP contribution in [0.15, 0.2) is 36.5 Å². The molecule has 1 atom stereocenters. The first kappa shape index (κ1) is 25.2. The van der Waals surface area contributed by atoms with Crippen molar-refractivity contribution >= 4 is 5.91 Å². The Kier molecular flexibility index (Phi) is 7.35. The first-order valence-electron chi connectivity index (χ1n) is 13.1. The van der Waals surface area contributed by atoms with Crippen molar-refractivity contribution in [3.8, 4) is 11.1 Å². The lowest BCUT2D eigenvalue weighted by atomic mass is 9.96. The maximum Gasteiger partial charge on any atom is 0.416 e. The zero-order valence-corrected chi connectivity index (χ0v) is 20.8. The van der Waals surface area contributed by atoms with E-state index in [0.717, 1.165) is 38.1 Å². The van der Waals surface area contributed by atoms with Crippen molar-refractivity contribution in [3.05, 3.63) is 53.3 Å². The molecule has 5 rings (SSSR count). The van der Waals surface area contributed by atoms with E-state index in [1.54, 1.807) is 19.1 Å². The minimum atomic E-state index is -4.40. The first-order chi connectivity index (χ1) is 17.3. The molecule has 0 bridgehead atoms. The molecule has 0 unspecified atom stereocenters. The quantitative estimate of drug-likeness (QED) is 0.508. The Balaban J connectivity index is 1.19. The van der Waals surface area contributed by atoms with Crippen molar-refractivity contribution in [2.24, 2.45) is 0 Å². The van der Waals surface area contributed by atoms with Crippen LogP contribution in [0.4, 0.5) is 13.2 Å². The highest BCUT2D eigenvalue weighted by atomic mass is 19.4. The summed E-state index contributed by atoms with van der Waals surface area (Å²) < 4.78 is 45.4. The molecule has 1 saturated carbocycles. The van der Waals surface area contributed by atoms with E-state index in [0.29, 0.717) is 53.7 Å². The number of alkyl halides is 3. The van der Waals surface area contributed by atoms with Crippen molar-refractivity contribution in [2.45, 2.75) is 76.2 Å². The monoisotopic (exact) mass is 501 g/mol. The minimum Gasteiger partial charge on any atom is -0.377 e. The molecule has 1 aromatic carbocycles. The van der Waals surface area contributed by atoms with Crippen LogP contribution in [0.3, 0.4) is 0 Å². The second kappa shape index (κ2) is 10.5. The molecule has 1 amide bonds. The number of halogens is 3. The van der Waals surface area contributed by atoms with Gasteiger partial charge in [-0.1, -0.05) is 12.1 Å². The van der Waals surface area contributed by atoms with Crippen LogP contribution in [0.1, 0.15) is 66.6 Å². The number of likely N-dealkylation sites (tertiary alicyclic amines) is 2. The van der Waals surface area contributed by atoms with E-state index in [1.165, 1.54) is 44.4 Å². The van der Waals surface area contributed by atoms with Gasteiger partial charge in [-0.3, -0.25) is 14.7 Å². The lowest BCUT2D eigenvalue weighted by Gasteiger charge is -2.40. The molecule has 2 aromatic rings. The number of amides is 1. The zero-order chi connectivity index (χ0) is 25.3. The van der Waals surface area contributed by atoms with Crippen molar-refractivity contribution < 1.29 is 22.7 Å². The predicted molar refractivity (Wildman–Crippen MR) is 132 cm³/mol. The zero-order valence-electron chi connectivity index (χ0n) is 20.8. The SMILES string of the molecule is Cc1cc(-c2cccc(C(F)(F)F)c2)cnc1C(=O)N1CCC(N2CCC[C@H]2COC2CCC2)CC1. The molecule has 0 radical (unpaired) electrons. The number of hydrogen-bond acceptors (Lipinski definition) is 4. The molecule has 3 fully saturated rings. The van der Waals surface area contributed by atoms with Gasteiger partial charge in [-0.25, -0.2) is 0 Å². The highest BCUT2D eigenvalue weighted by Gasteiger charge is 2.35. The smallest absolute Gasteiger partial charge is 0.377 e. The third-order valence-electron chi connectivity index (χ3n) is 8.02. The second-order valence-electron chi connectivity index (χ2n) is 10.4. The number of aromatic nitrogens is 1. The van der Waals surface area contributed by atoms with E-state index in [9.17, 15) is 18.0 Å². The topological polar surface area (TPSA) is 45.7 Å². The molecule has 1 aliphatic carbocycles. The van der Waals surface area contributed by atoms with E-state index in [1.807, 2.05) is 4.90 Å². The average Bonchev–Trinajstić information content (AvgIpc) is 3.31. The van der Waals surface area contributed by atoms with E-state index in [2.05, 4.69) is 9.88 Å². The highest BCUT2D eigenvalue weighted by Crippen LogP contribution is 2.33. The summed E-state index contributed by atoms with van der Waals surface area (Å²) >= 11 is 0. The number of pyridine rings is 1. The van der Waals surface area contributed by atoms with Gasteiger partial charge in [0.25, 0.3) is 5.91 Å². The van der Waals surface area contributed by atoms with E-state index in [4.69, 9.17) is 4.74 Å². The van der Waals surface area contributed by atoms with Gasteiger partial charge in [0.05, 0.1) is 18.3 Å². The second-order valence-corrected chi connectivity index (χ2v) is 10.4. The minimum absolute atomic E-state index is 0.104. The van der Waals surface area contributed by atoms with Crippen LogP contribution in [-0.2, 0) is 10.9 Å². The Morgan fingerprint density at radius 3 is 2.47 bits per heavy atom. The maximum atomic E-state index is 13.2. The largest absolute Gasteiger partial charge is 0.416 e. The molecule has 5 nitrogen and oxygen atoms in total. The number of carbonyl (C=O) groups excluding carboxylic acids is 1. The van der Waals surface area contributed by atoms with Crippen LogP contribution in [0, 0.1) is 6.92 Å². The molecular formula is C28H34F3N3O2. The lowest BCUT2D eigenvalue weighted by molar-refractivity contribution is -0.137. The average molecular weight is 502 g/mol. The molecule has 194 valence electrons. The summed E-state index contributed by atoms with van der Waals surface area (Å²) in [5.74, 6) is -0.104. The normalized spacial score (nSPS) is 22.1. The summed E-state index contributed by atoms with van der Waals surface area (Å²) in [6, 6.07) is 7.90. The molecule has 3 heterocycles. The van der Waals surface area contributed by atoms with Gasteiger partial charge in [0.15, 0.2) is 0 Å². The summed E-state index contributed by atoms with van der Waals surface area (Å²) in [6.45, 7) is 5.10. The number of ether oxygens (including phenoxy) is 1. The van der Waals surface area contributed by atoms with Crippen molar-refractivity contribution in [2.75, 3.05) is 26.2 Å². The van der Waals surface area contributed by atoms with Crippen LogP contribution in [-0.4, -0.2) is 65.1 Å². The lowest BCUT2D eigenvalue weighted by Crippen LogP contribution is -2.49. The van der Waals surface area contributed by atoms with Gasteiger partial charge < -0.3 is 9.64 Å². The Morgan fingerprint density at radius 1 is 1.03 bits per heavy atom. The molecule has 2 saturated heterocycles. The predicted octanol–water partition coefficient (Wildman–Crippen LogP) is 5.71. The number of piperidine rings is 1. The Labute approximate surface area is 210 Å². The number of aryl methyl sites for hydroxylation is 1. The van der Waals surface area contributed by atoms with Gasteiger partial charge in [0, 0.05) is 36.9 Å². The fourth-order valence-electron chi connectivity index (χ4n) is 5.68. The molecule has 36 heavy (non-hydrogen) atoms. The first-order valence-corrected chi connectivity index (χ1v) is 13.1. The number of benzene rings is 1. The Morgan fingerprint density at radius 2 is 1.81 bits per heavy atom. The van der Waals surface area contributed by atoms with Crippen LogP contribution < -0.4 is 0 Å². The fraction of sp³-hybridized carbons (Fsp3) is 0.571.